The minimum absolute atomic E-state index is 0.00369. The van der Waals surface area contributed by atoms with Crippen molar-refractivity contribution in [2.24, 2.45) is 5.92 Å². The van der Waals surface area contributed by atoms with Gasteiger partial charge >= 0.3 is 6.09 Å². The maximum Gasteiger partial charge on any atom is 0.410 e. The van der Waals surface area contributed by atoms with E-state index >= 15 is 0 Å². The summed E-state index contributed by atoms with van der Waals surface area (Å²) in [4.78, 5) is 21.6. The van der Waals surface area contributed by atoms with E-state index in [4.69, 9.17) is 4.74 Å². The summed E-state index contributed by atoms with van der Waals surface area (Å²) in [5.41, 5.74) is 0.331. The smallest absolute Gasteiger partial charge is 0.410 e. The fourth-order valence-electron chi connectivity index (χ4n) is 3.76. The van der Waals surface area contributed by atoms with Gasteiger partial charge in [-0.25, -0.2) is 9.78 Å². The Morgan fingerprint density at radius 3 is 2.63 bits per heavy atom. The number of aromatic nitrogens is 1. The zero-order chi connectivity index (χ0) is 19.4. The standard InChI is InChI=1S/C21H33N3O3/c1-21(2,3)27-20(26)24(13-16-6-4-7-16)18-8-5-11-23(14-18)19-10-9-17(15-25)12-22-19/h9-10,12,16,18,25H,4-8,11,13-15H2,1-3H3/t18-/m1/s1. The van der Waals surface area contributed by atoms with Gasteiger partial charge in [-0.1, -0.05) is 12.5 Å². The van der Waals surface area contributed by atoms with Crippen molar-refractivity contribution >= 4 is 11.9 Å². The Kier molecular flexibility index (Phi) is 6.25. The van der Waals surface area contributed by atoms with Crippen molar-refractivity contribution in [3.63, 3.8) is 0 Å². The quantitative estimate of drug-likeness (QED) is 0.852. The highest BCUT2D eigenvalue weighted by atomic mass is 16.6. The highest BCUT2D eigenvalue weighted by molar-refractivity contribution is 5.68. The molecule has 1 saturated heterocycles. The van der Waals surface area contributed by atoms with Crippen LogP contribution < -0.4 is 4.90 Å². The van der Waals surface area contributed by atoms with Crippen molar-refractivity contribution in [2.75, 3.05) is 24.5 Å². The fourth-order valence-corrected chi connectivity index (χ4v) is 3.76. The lowest BCUT2D eigenvalue weighted by Crippen LogP contribution is -2.53. The molecule has 1 aromatic heterocycles. The largest absolute Gasteiger partial charge is 0.444 e. The Bertz CT molecular complexity index is 623. The molecule has 1 aliphatic carbocycles. The number of carbonyl (C=O) groups is 1. The Morgan fingerprint density at radius 1 is 1.30 bits per heavy atom. The van der Waals surface area contributed by atoms with Crippen LogP contribution in [0.15, 0.2) is 18.3 Å². The van der Waals surface area contributed by atoms with Crippen LogP contribution in [0.25, 0.3) is 0 Å². The Balaban J connectivity index is 1.71. The molecule has 2 heterocycles. The third-order valence-electron chi connectivity index (χ3n) is 5.46. The first-order valence-corrected chi connectivity index (χ1v) is 10.2. The molecule has 1 amide bonds. The van der Waals surface area contributed by atoms with E-state index < -0.39 is 5.60 Å². The molecule has 27 heavy (non-hydrogen) atoms. The minimum atomic E-state index is -0.481. The first kappa shape index (κ1) is 19.9. The molecule has 3 rings (SSSR count). The highest BCUT2D eigenvalue weighted by Gasteiger charge is 2.34. The molecule has 1 aliphatic heterocycles. The average Bonchev–Trinajstić information content (AvgIpc) is 2.59. The molecule has 0 bridgehead atoms. The number of hydrogen-bond donors (Lipinski definition) is 1. The van der Waals surface area contributed by atoms with Crippen LogP contribution in [0.2, 0.25) is 0 Å². The number of aliphatic hydroxyl groups is 1. The third kappa shape index (κ3) is 5.34. The molecule has 1 N–H and O–H groups in total. The summed E-state index contributed by atoms with van der Waals surface area (Å²) < 4.78 is 5.72. The van der Waals surface area contributed by atoms with E-state index in [9.17, 15) is 9.90 Å². The molecule has 0 unspecified atom stereocenters. The summed E-state index contributed by atoms with van der Waals surface area (Å²) in [6, 6.07) is 4.01. The second-order valence-corrected chi connectivity index (χ2v) is 8.85. The Morgan fingerprint density at radius 2 is 2.07 bits per heavy atom. The summed E-state index contributed by atoms with van der Waals surface area (Å²) in [5, 5.41) is 9.21. The topological polar surface area (TPSA) is 65.9 Å². The van der Waals surface area contributed by atoms with Crippen LogP contribution in [0.5, 0.6) is 0 Å². The first-order valence-electron chi connectivity index (χ1n) is 10.2. The number of nitrogens with zero attached hydrogens (tertiary/aromatic N) is 3. The molecule has 6 heteroatoms. The van der Waals surface area contributed by atoms with Gasteiger partial charge in [-0.15, -0.1) is 0 Å². The Labute approximate surface area is 162 Å². The average molecular weight is 376 g/mol. The number of aliphatic hydroxyl groups excluding tert-OH is 1. The highest BCUT2D eigenvalue weighted by Crippen LogP contribution is 2.30. The maximum atomic E-state index is 12.9. The number of ether oxygens (including phenoxy) is 1. The van der Waals surface area contributed by atoms with Gasteiger partial charge in [-0.3, -0.25) is 0 Å². The number of amides is 1. The minimum Gasteiger partial charge on any atom is -0.444 e. The molecule has 1 saturated carbocycles. The van der Waals surface area contributed by atoms with Gasteiger partial charge in [-0.05, 0) is 64.0 Å². The lowest BCUT2D eigenvalue weighted by atomic mass is 9.84. The predicted molar refractivity (Wildman–Crippen MR) is 106 cm³/mol. The molecule has 0 radical (unpaired) electrons. The molecular weight excluding hydrogens is 342 g/mol. The van der Waals surface area contributed by atoms with Gasteiger partial charge in [0.1, 0.15) is 11.4 Å². The fraction of sp³-hybridized carbons (Fsp3) is 0.714. The zero-order valence-corrected chi connectivity index (χ0v) is 16.9. The second kappa shape index (κ2) is 8.46. The predicted octanol–water partition coefficient (Wildman–Crippen LogP) is 3.58. The molecule has 1 atom stereocenters. The molecule has 0 aromatic carbocycles. The molecule has 2 aliphatic rings. The van der Waals surface area contributed by atoms with E-state index in [2.05, 4.69) is 9.88 Å². The molecule has 6 nitrogen and oxygen atoms in total. The van der Waals surface area contributed by atoms with Crippen molar-refractivity contribution in [3.05, 3.63) is 23.9 Å². The molecule has 150 valence electrons. The van der Waals surface area contributed by atoms with Gasteiger partial charge in [0.2, 0.25) is 0 Å². The lowest BCUT2D eigenvalue weighted by molar-refractivity contribution is 0.00734. The van der Waals surface area contributed by atoms with Gasteiger partial charge in [0, 0.05) is 25.8 Å². The van der Waals surface area contributed by atoms with Crippen molar-refractivity contribution in [1.82, 2.24) is 9.88 Å². The van der Waals surface area contributed by atoms with Crippen LogP contribution in [-0.4, -0.2) is 52.4 Å². The SMILES string of the molecule is CC(C)(C)OC(=O)N(CC1CCC1)[C@@H]1CCCN(c2ccc(CO)cn2)C1. The molecule has 2 fully saturated rings. The van der Waals surface area contributed by atoms with Crippen LogP contribution in [-0.2, 0) is 11.3 Å². The molecule has 0 spiro atoms. The van der Waals surface area contributed by atoms with E-state index in [1.165, 1.54) is 19.3 Å². The summed E-state index contributed by atoms with van der Waals surface area (Å²) in [5.74, 6) is 1.51. The van der Waals surface area contributed by atoms with Crippen molar-refractivity contribution < 1.29 is 14.6 Å². The monoisotopic (exact) mass is 375 g/mol. The summed E-state index contributed by atoms with van der Waals surface area (Å²) in [6.07, 6.45) is 7.24. The van der Waals surface area contributed by atoms with E-state index in [1.807, 2.05) is 37.8 Å². The van der Waals surface area contributed by atoms with Crippen molar-refractivity contribution in [1.29, 1.82) is 0 Å². The summed E-state index contributed by atoms with van der Waals surface area (Å²) in [6.45, 7) is 8.28. The molecule has 1 aromatic rings. The van der Waals surface area contributed by atoms with Crippen LogP contribution in [0.3, 0.4) is 0 Å². The number of pyridine rings is 1. The number of rotatable bonds is 5. The van der Waals surface area contributed by atoms with Crippen LogP contribution in [0.4, 0.5) is 10.6 Å². The van der Waals surface area contributed by atoms with Gasteiger partial charge in [0.05, 0.1) is 12.6 Å². The van der Waals surface area contributed by atoms with E-state index in [-0.39, 0.29) is 18.7 Å². The van der Waals surface area contributed by atoms with E-state index in [1.54, 1.807) is 6.20 Å². The number of hydrogen-bond acceptors (Lipinski definition) is 5. The first-order chi connectivity index (χ1) is 12.9. The van der Waals surface area contributed by atoms with Crippen LogP contribution in [0.1, 0.15) is 58.4 Å². The maximum absolute atomic E-state index is 12.9. The van der Waals surface area contributed by atoms with Gasteiger partial charge in [-0.2, -0.15) is 0 Å². The lowest BCUT2D eigenvalue weighted by Gasteiger charge is -2.42. The van der Waals surface area contributed by atoms with Crippen molar-refractivity contribution in [3.8, 4) is 0 Å². The Hall–Kier alpha value is -1.82. The molecular formula is C21H33N3O3. The summed E-state index contributed by atoms with van der Waals surface area (Å²) in [7, 11) is 0. The third-order valence-corrected chi connectivity index (χ3v) is 5.46. The van der Waals surface area contributed by atoms with Gasteiger partial charge < -0.3 is 19.6 Å². The van der Waals surface area contributed by atoms with Gasteiger partial charge in [0.25, 0.3) is 0 Å². The van der Waals surface area contributed by atoms with Crippen LogP contribution >= 0.6 is 0 Å². The van der Waals surface area contributed by atoms with Crippen LogP contribution in [0, 0.1) is 5.92 Å². The summed E-state index contributed by atoms with van der Waals surface area (Å²) >= 11 is 0. The van der Waals surface area contributed by atoms with E-state index in [0.29, 0.717) is 5.92 Å². The number of carbonyl (C=O) groups excluding carboxylic acids is 1. The van der Waals surface area contributed by atoms with Gasteiger partial charge in [0.15, 0.2) is 0 Å². The van der Waals surface area contributed by atoms with Crippen molar-refractivity contribution in [2.45, 2.75) is 71.1 Å². The van der Waals surface area contributed by atoms with E-state index in [0.717, 1.165) is 43.9 Å². The second-order valence-electron chi connectivity index (χ2n) is 8.85. The zero-order valence-electron chi connectivity index (χ0n) is 16.9. The number of anilines is 1. The number of piperidine rings is 1. The normalized spacial score (nSPS) is 20.9.